The van der Waals surface area contributed by atoms with E-state index in [1.807, 2.05) is 6.92 Å². The van der Waals surface area contributed by atoms with Gasteiger partial charge in [0.1, 0.15) is 6.07 Å². The lowest BCUT2D eigenvalue weighted by molar-refractivity contribution is 0.603. The summed E-state index contributed by atoms with van der Waals surface area (Å²) < 4.78 is 24.5. The van der Waals surface area contributed by atoms with Gasteiger partial charge in [-0.25, -0.2) is 8.42 Å². The van der Waals surface area contributed by atoms with Gasteiger partial charge in [-0.1, -0.05) is 18.2 Å². The van der Waals surface area contributed by atoms with Crippen LogP contribution in [0.5, 0.6) is 0 Å². The Balaban J connectivity index is 2.31. The largest absolute Gasteiger partial charge is 0.343 e. The van der Waals surface area contributed by atoms with Crippen LogP contribution in [0.2, 0.25) is 0 Å². The third kappa shape index (κ3) is 2.87. The molecule has 2 rings (SSSR count). The number of benzene rings is 1. The first-order chi connectivity index (χ1) is 9.54. The lowest BCUT2D eigenvalue weighted by Gasteiger charge is -2.02. The lowest BCUT2D eigenvalue weighted by Crippen LogP contribution is -2.05. The summed E-state index contributed by atoms with van der Waals surface area (Å²) in [7, 11) is -3.81. The molecule has 0 radical (unpaired) electrons. The maximum atomic E-state index is 12.2. The quantitative estimate of drug-likeness (QED) is 0.838. The Kier molecular flexibility index (Phi) is 3.86. The Labute approximate surface area is 116 Å². The van der Waals surface area contributed by atoms with Gasteiger partial charge >= 0.3 is 0 Å². The topological polar surface area (TPSA) is 98.6 Å². The number of anilines is 1. The van der Waals surface area contributed by atoms with Gasteiger partial charge in [0.15, 0.2) is 10.7 Å². The summed E-state index contributed by atoms with van der Waals surface area (Å²) in [5, 5.41) is 18.3. The van der Waals surface area contributed by atoms with Crippen LogP contribution < -0.4 is 5.32 Å². The molecule has 0 amide bonds. The number of nitrogens with zero attached hydrogens (tertiary/aromatic N) is 2. The summed E-state index contributed by atoms with van der Waals surface area (Å²) in [6.45, 7) is 1.81. The second-order valence-electron chi connectivity index (χ2n) is 4.02. The Morgan fingerprint density at radius 3 is 2.65 bits per heavy atom. The van der Waals surface area contributed by atoms with Crippen LogP contribution in [0.4, 0.5) is 5.82 Å². The summed E-state index contributed by atoms with van der Waals surface area (Å²) in [4.78, 5) is -0.294. The molecule has 1 aromatic heterocycles. The van der Waals surface area contributed by atoms with Crippen LogP contribution >= 0.6 is 0 Å². The number of nitriles is 1. The van der Waals surface area contributed by atoms with Crippen molar-refractivity contribution in [1.82, 2.24) is 10.2 Å². The molecule has 2 N–H and O–H groups in total. The van der Waals surface area contributed by atoms with E-state index in [4.69, 9.17) is 5.26 Å². The van der Waals surface area contributed by atoms with Gasteiger partial charge in [0, 0.05) is 18.0 Å². The first-order valence-corrected chi connectivity index (χ1v) is 7.21. The monoisotopic (exact) mass is 288 g/mol. The molecule has 1 aromatic carbocycles. The molecule has 0 aliphatic rings. The maximum absolute atomic E-state index is 12.2. The maximum Gasteiger partial charge on any atom is 0.218 e. The molecule has 0 fully saturated rings. The van der Waals surface area contributed by atoms with Gasteiger partial charge < -0.3 is 5.32 Å². The lowest BCUT2D eigenvalue weighted by atomic mass is 10.4. The molecular formula is C13H12N4O2S. The fourth-order valence-electron chi connectivity index (χ4n) is 1.53. The fraction of sp³-hybridized carbons (Fsp3) is 0.0769. The van der Waals surface area contributed by atoms with Crippen LogP contribution in [0.25, 0.3) is 0 Å². The van der Waals surface area contributed by atoms with E-state index in [0.717, 1.165) is 11.9 Å². The van der Waals surface area contributed by atoms with Gasteiger partial charge in [-0.2, -0.15) is 10.4 Å². The molecule has 0 atom stereocenters. The minimum Gasteiger partial charge on any atom is -0.343 e. The van der Waals surface area contributed by atoms with E-state index < -0.39 is 9.84 Å². The zero-order chi connectivity index (χ0) is 14.6. The highest BCUT2D eigenvalue weighted by Crippen LogP contribution is 2.18. The smallest absolute Gasteiger partial charge is 0.218 e. The van der Waals surface area contributed by atoms with Crippen molar-refractivity contribution in [3.05, 3.63) is 53.2 Å². The number of hydrogen-bond acceptors (Lipinski definition) is 5. The van der Waals surface area contributed by atoms with Gasteiger partial charge in [-0.15, -0.1) is 0 Å². The number of aromatic amines is 1. The summed E-state index contributed by atoms with van der Waals surface area (Å²) >= 11 is 0. The third-order valence-electron chi connectivity index (χ3n) is 2.51. The molecule has 0 unspecified atom stereocenters. The summed E-state index contributed by atoms with van der Waals surface area (Å²) in [6, 6.07) is 11.2. The van der Waals surface area contributed by atoms with E-state index >= 15 is 0 Å². The van der Waals surface area contributed by atoms with Crippen molar-refractivity contribution in [2.24, 2.45) is 0 Å². The fourth-order valence-corrected chi connectivity index (χ4v) is 2.63. The van der Waals surface area contributed by atoms with Gasteiger partial charge in [0.25, 0.3) is 0 Å². The Morgan fingerprint density at radius 2 is 2.10 bits per heavy atom. The zero-order valence-corrected chi connectivity index (χ0v) is 11.5. The van der Waals surface area contributed by atoms with Crippen molar-refractivity contribution < 1.29 is 8.42 Å². The number of aromatic nitrogens is 2. The number of H-pyrrole nitrogens is 1. The van der Waals surface area contributed by atoms with E-state index in [-0.39, 0.29) is 9.80 Å². The van der Waals surface area contributed by atoms with Gasteiger partial charge in [0.05, 0.1) is 4.90 Å². The molecule has 6 nitrogen and oxygen atoms in total. The molecule has 0 bridgehead atoms. The molecule has 0 aliphatic carbocycles. The SMILES string of the molecule is Cc1cc(NC=C(C#N)S(=O)(=O)c2ccccc2)n[nH]1. The first-order valence-electron chi connectivity index (χ1n) is 5.73. The average molecular weight is 288 g/mol. The first kappa shape index (κ1) is 13.8. The number of aryl methyl sites for hydroxylation is 1. The number of sulfone groups is 1. The van der Waals surface area contributed by atoms with Gasteiger partial charge in [-0.3, -0.25) is 5.10 Å². The molecule has 0 aliphatic heterocycles. The molecule has 1 heterocycles. The van der Waals surface area contributed by atoms with Crippen LogP contribution in [0, 0.1) is 18.3 Å². The third-order valence-corrected chi connectivity index (χ3v) is 4.19. The summed E-state index contributed by atoms with van der Waals surface area (Å²) in [6.07, 6.45) is 1.14. The van der Waals surface area contributed by atoms with Crippen molar-refractivity contribution in [2.45, 2.75) is 11.8 Å². The average Bonchev–Trinajstić information content (AvgIpc) is 2.86. The number of hydrogen-bond donors (Lipinski definition) is 2. The standard InChI is InChI=1S/C13H12N4O2S/c1-10-7-13(17-16-10)15-9-12(8-14)20(18,19)11-5-3-2-4-6-11/h2-7,9H,1H3,(H2,15,16,17). The predicted molar refractivity (Wildman–Crippen MR) is 74.3 cm³/mol. The molecule has 0 saturated heterocycles. The molecule has 2 aromatic rings. The van der Waals surface area contributed by atoms with Crippen molar-refractivity contribution >= 4 is 15.7 Å². The Hall–Kier alpha value is -2.59. The molecular weight excluding hydrogens is 276 g/mol. The predicted octanol–water partition coefficient (Wildman–Crippen LogP) is 1.97. The number of allylic oxidation sites excluding steroid dienone is 1. The highest BCUT2D eigenvalue weighted by Gasteiger charge is 2.20. The normalized spacial score (nSPS) is 11.9. The highest BCUT2D eigenvalue weighted by molar-refractivity contribution is 7.95. The number of rotatable bonds is 4. The van der Waals surface area contributed by atoms with E-state index in [2.05, 4.69) is 15.5 Å². The van der Waals surface area contributed by atoms with Crippen molar-refractivity contribution in [3.8, 4) is 6.07 Å². The summed E-state index contributed by atoms with van der Waals surface area (Å²) in [5.74, 6) is 0.443. The zero-order valence-electron chi connectivity index (χ0n) is 10.7. The highest BCUT2D eigenvalue weighted by atomic mass is 32.2. The molecule has 20 heavy (non-hydrogen) atoms. The van der Waals surface area contributed by atoms with Crippen molar-refractivity contribution in [2.75, 3.05) is 5.32 Å². The Bertz CT molecular complexity index is 770. The van der Waals surface area contributed by atoms with Crippen LogP contribution in [0.3, 0.4) is 0 Å². The van der Waals surface area contributed by atoms with Gasteiger partial charge in [-0.05, 0) is 19.1 Å². The second-order valence-corrected chi connectivity index (χ2v) is 5.94. The van der Waals surface area contributed by atoms with E-state index in [1.54, 1.807) is 30.3 Å². The molecule has 0 spiro atoms. The second kappa shape index (κ2) is 5.59. The van der Waals surface area contributed by atoms with Crippen molar-refractivity contribution in [3.63, 3.8) is 0 Å². The van der Waals surface area contributed by atoms with Crippen molar-refractivity contribution in [1.29, 1.82) is 5.26 Å². The van der Waals surface area contributed by atoms with Gasteiger partial charge in [0.2, 0.25) is 9.84 Å². The molecule has 102 valence electrons. The van der Waals surface area contributed by atoms with E-state index in [1.165, 1.54) is 12.1 Å². The minimum atomic E-state index is -3.81. The van der Waals surface area contributed by atoms with Crippen LogP contribution in [-0.4, -0.2) is 18.6 Å². The van der Waals surface area contributed by atoms with Crippen LogP contribution in [0.1, 0.15) is 5.69 Å². The molecule has 7 heteroatoms. The van der Waals surface area contributed by atoms with Crippen LogP contribution in [-0.2, 0) is 9.84 Å². The van der Waals surface area contributed by atoms with E-state index in [9.17, 15) is 8.42 Å². The van der Waals surface area contributed by atoms with E-state index in [0.29, 0.717) is 5.82 Å². The minimum absolute atomic E-state index is 0.0767. The number of nitrogens with one attached hydrogen (secondary N) is 2. The molecule has 0 saturated carbocycles. The Morgan fingerprint density at radius 1 is 1.40 bits per heavy atom. The van der Waals surface area contributed by atoms with Crippen LogP contribution in [0.15, 0.2) is 52.4 Å². The summed E-state index contributed by atoms with van der Waals surface area (Å²) in [5.41, 5.74) is 0.824.